The number of amides is 1. The van der Waals surface area contributed by atoms with Crippen LogP contribution in [0.2, 0.25) is 0 Å². The number of hydrogen-bond acceptors (Lipinski definition) is 4. The Kier molecular flexibility index (Phi) is 13.1. The van der Waals surface area contributed by atoms with Crippen molar-refractivity contribution in [1.82, 2.24) is 5.32 Å². The van der Waals surface area contributed by atoms with Crippen LogP contribution < -0.4 is 15.1 Å². The van der Waals surface area contributed by atoms with E-state index in [0.29, 0.717) is 6.42 Å². The van der Waals surface area contributed by atoms with Crippen LogP contribution in [-0.2, 0) is 9.36 Å². The van der Waals surface area contributed by atoms with E-state index < -0.39 is 13.9 Å². The molecule has 0 rings (SSSR count). The Labute approximate surface area is 129 Å². The molecule has 0 aromatic heterocycles. The first-order valence-electron chi connectivity index (χ1n) is 8.23. The van der Waals surface area contributed by atoms with E-state index in [9.17, 15) is 19.1 Å². The molecule has 0 saturated heterocycles. The van der Waals surface area contributed by atoms with Gasteiger partial charge in [-0.25, -0.2) is 0 Å². The number of unbranched alkanes of at least 4 members (excludes halogenated alkanes) is 10. The Morgan fingerprint density at radius 2 is 1.29 bits per heavy atom. The maximum atomic E-state index is 11.2. The van der Waals surface area contributed by atoms with E-state index in [1.807, 2.05) is 0 Å². The Morgan fingerprint density at radius 3 is 1.71 bits per heavy atom. The standard InChI is InChI=1S/C15H32NO4P/c1-2-3-4-5-6-7-8-9-10-11-12-13-15(17)16-14-21(18,19)20/h2-14H2,1H3,(H,16,17)(H2,18,19,20)/p-2. The van der Waals surface area contributed by atoms with Crippen molar-refractivity contribution in [3.63, 3.8) is 0 Å². The normalized spacial score (nSPS) is 11.6. The lowest BCUT2D eigenvalue weighted by molar-refractivity contribution is -0.313. The molecule has 0 bridgehead atoms. The van der Waals surface area contributed by atoms with E-state index in [1.54, 1.807) is 0 Å². The zero-order chi connectivity index (χ0) is 16.0. The zero-order valence-corrected chi connectivity index (χ0v) is 14.2. The fraction of sp³-hybridized carbons (Fsp3) is 0.933. The first-order chi connectivity index (χ1) is 9.95. The zero-order valence-electron chi connectivity index (χ0n) is 13.3. The lowest BCUT2D eigenvalue weighted by atomic mass is 10.1. The Bertz CT molecular complexity index is 304. The molecule has 0 saturated carbocycles. The average Bonchev–Trinajstić information content (AvgIpc) is 2.42. The molecule has 0 aliphatic heterocycles. The van der Waals surface area contributed by atoms with E-state index in [0.717, 1.165) is 19.3 Å². The van der Waals surface area contributed by atoms with Crippen molar-refractivity contribution in [1.29, 1.82) is 0 Å². The van der Waals surface area contributed by atoms with Gasteiger partial charge in [0, 0.05) is 12.7 Å². The molecule has 0 radical (unpaired) electrons. The summed E-state index contributed by atoms with van der Waals surface area (Å²) >= 11 is 0. The number of rotatable bonds is 14. The van der Waals surface area contributed by atoms with Crippen LogP contribution in [0.25, 0.3) is 0 Å². The molecule has 126 valence electrons. The minimum atomic E-state index is -4.62. The molecule has 0 heterocycles. The number of hydrogen-bond donors (Lipinski definition) is 1. The van der Waals surface area contributed by atoms with Gasteiger partial charge in [0.25, 0.3) is 0 Å². The number of carbonyl (C=O) groups excluding carboxylic acids is 1. The molecule has 5 nitrogen and oxygen atoms in total. The van der Waals surface area contributed by atoms with Gasteiger partial charge in [-0.1, -0.05) is 71.1 Å². The average molecular weight is 319 g/mol. The summed E-state index contributed by atoms with van der Waals surface area (Å²) in [6.07, 6.45) is 12.8. The smallest absolute Gasteiger partial charge is 0.220 e. The molecule has 0 aromatic rings. The Morgan fingerprint density at radius 1 is 0.857 bits per heavy atom. The minimum absolute atomic E-state index is 0.303. The summed E-state index contributed by atoms with van der Waals surface area (Å²) in [7, 11) is -4.62. The second kappa shape index (κ2) is 13.3. The van der Waals surface area contributed by atoms with Crippen molar-refractivity contribution in [3.8, 4) is 0 Å². The van der Waals surface area contributed by atoms with Crippen LogP contribution in [-0.4, -0.2) is 12.2 Å². The lowest BCUT2D eigenvalue weighted by Gasteiger charge is -2.29. The highest BCUT2D eigenvalue weighted by Gasteiger charge is 2.01. The Balaban J connectivity index is 3.21. The molecule has 0 aliphatic carbocycles. The summed E-state index contributed by atoms with van der Waals surface area (Å²) in [6, 6.07) is 0. The van der Waals surface area contributed by atoms with Crippen molar-refractivity contribution >= 4 is 13.5 Å². The van der Waals surface area contributed by atoms with Crippen molar-refractivity contribution < 1.29 is 19.1 Å². The third-order valence-corrected chi connectivity index (χ3v) is 4.02. The van der Waals surface area contributed by atoms with Crippen molar-refractivity contribution in [2.75, 3.05) is 6.29 Å². The van der Waals surface area contributed by atoms with Crippen LogP contribution in [0.15, 0.2) is 0 Å². The monoisotopic (exact) mass is 319 g/mol. The second-order valence-corrected chi connectivity index (χ2v) is 7.19. The molecule has 0 fully saturated rings. The van der Waals surface area contributed by atoms with E-state index >= 15 is 0 Å². The van der Waals surface area contributed by atoms with Crippen LogP contribution in [0.1, 0.15) is 84.0 Å². The van der Waals surface area contributed by atoms with Gasteiger partial charge in [0.2, 0.25) is 5.91 Å². The maximum Gasteiger partial charge on any atom is 0.220 e. The summed E-state index contributed by atoms with van der Waals surface area (Å²) in [5.74, 6) is -0.349. The molecule has 0 aliphatic rings. The lowest BCUT2D eigenvalue weighted by Crippen LogP contribution is -2.30. The predicted molar refractivity (Wildman–Crippen MR) is 81.7 cm³/mol. The van der Waals surface area contributed by atoms with Crippen molar-refractivity contribution in [3.05, 3.63) is 0 Å². The molecule has 0 atom stereocenters. The fourth-order valence-corrected chi connectivity index (χ4v) is 2.59. The highest BCUT2D eigenvalue weighted by atomic mass is 31.2. The third-order valence-electron chi connectivity index (χ3n) is 3.48. The SMILES string of the molecule is CCCCCCCCCCCCCC(=O)NCP(=O)([O-])[O-]. The van der Waals surface area contributed by atoms with Crippen LogP contribution in [0.4, 0.5) is 0 Å². The predicted octanol–water partition coefficient (Wildman–Crippen LogP) is 2.67. The molecular formula is C15H30NO4P-2. The van der Waals surface area contributed by atoms with Gasteiger partial charge in [-0.2, -0.15) is 0 Å². The summed E-state index contributed by atoms with van der Waals surface area (Å²) < 4.78 is 10.4. The second-order valence-electron chi connectivity index (χ2n) is 5.65. The largest absolute Gasteiger partial charge is 0.810 e. The summed E-state index contributed by atoms with van der Waals surface area (Å²) in [4.78, 5) is 31.9. The fourth-order valence-electron chi connectivity index (χ4n) is 2.22. The van der Waals surface area contributed by atoms with Crippen LogP contribution >= 0.6 is 7.60 Å². The van der Waals surface area contributed by atoms with Crippen molar-refractivity contribution in [2.24, 2.45) is 0 Å². The Hall–Kier alpha value is -0.380. The van der Waals surface area contributed by atoms with Gasteiger partial charge >= 0.3 is 0 Å². The topological polar surface area (TPSA) is 92.3 Å². The summed E-state index contributed by atoms with van der Waals surface area (Å²) in [6.45, 7) is 2.22. The van der Waals surface area contributed by atoms with Gasteiger partial charge in [0.05, 0.1) is 0 Å². The van der Waals surface area contributed by atoms with E-state index in [1.165, 1.54) is 51.4 Å². The van der Waals surface area contributed by atoms with E-state index in [-0.39, 0.29) is 5.91 Å². The third kappa shape index (κ3) is 17.6. The van der Waals surface area contributed by atoms with Crippen LogP contribution in [0.3, 0.4) is 0 Å². The van der Waals surface area contributed by atoms with Gasteiger partial charge in [0.1, 0.15) is 0 Å². The summed E-state index contributed by atoms with van der Waals surface area (Å²) in [5.41, 5.74) is 0. The molecule has 0 unspecified atom stereocenters. The molecule has 21 heavy (non-hydrogen) atoms. The molecule has 0 spiro atoms. The summed E-state index contributed by atoms with van der Waals surface area (Å²) in [5, 5.41) is 2.13. The quantitative estimate of drug-likeness (QED) is 0.393. The molecule has 0 aromatic carbocycles. The maximum absolute atomic E-state index is 11.2. The minimum Gasteiger partial charge on any atom is -0.810 e. The molecule has 1 N–H and O–H groups in total. The van der Waals surface area contributed by atoms with Gasteiger partial charge in [0.15, 0.2) is 0 Å². The molecule has 6 heteroatoms. The van der Waals surface area contributed by atoms with Gasteiger partial charge in [-0.15, -0.1) is 0 Å². The van der Waals surface area contributed by atoms with Crippen LogP contribution in [0, 0.1) is 0 Å². The highest BCUT2D eigenvalue weighted by molar-refractivity contribution is 7.48. The first kappa shape index (κ1) is 20.6. The van der Waals surface area contributed by atoms with E-state index in [4.69, 9.17) is 0 Å². The highest BCUT2D eigenvalue weighted by Crippen LogP contribution is 2.19. The van der Waals surface area contributed by atoms with E-state index in [2.05, 4.69) is 12.2 Å². The van der Waals surface area contributed by atoms with Crippen LogP contribution in [0.5, 0.6) is 0 Å². The first-order valence-corrected chi connectivity index (χ1v) is 9.96. The molecular weight excluding hydrogens is 289 g/mol. The van der Waals surface area contributed by atoms with Gasteiger partial charge in [-0.05, 0) is 14.0 Å². The van der Waals surface area contributed by atoms with Crippen molar-refractivity contribution in [2.45, 2.75) is 84.0 Å². The molecule has 1 amide bonds. The number of carbonyl (C=O) groups is 1. The van der Waals surface area contributed by atoms with Gasteiger partial charge in [-0.3, -0.25) is 4.79 Å². The van der Waals surface area contributed by atoms with Gasteiger partial charge < -0.3 is 19.7 Å². The number of nitrogens with one attached hydrogen (secondary N) is 1.